The molecule has 2 amide bonds. The number of aryl methyl sites for hydroxylation is 1. The van der Waals surface area contributed by atoms with Crippen molar-refractivity contribution in [3.05, 3.63) is 59.4 Å². The molecule has 4 nitrogen and oxygen atoms in total. The number of hydrogen-bond acceptors (Lipinski definition) is 3. The Balaban J connectivity index is 1.88. The highest BCUT2D eigenvalue weighted by atomic mass is 32.2. The van der Waals surface area contributed by atoms with E-state index in [-0.39, 0.29) is 23.1 Å². The molecule has 3 rings (SSSR count). The van der Waals surface area contributed by atoms with Crippen LogP contribution in [0.1, 0.15) is 36.8 Å². The van der Waals surface area contributed by atoms with Gasteiger partial charge in [-0.3, -0.25) is 14.5 Å². The van der Waals surface area contributed by atoms with Crippen LogP contribution >= 0.6 is 11.8 Å². The van der Waals surface area contributed by atoms with Gasteiger partial charge in [-0.25, -0.2) is 4.39 Å². The molecule has 2 aromatic carbocycles. The van der Waals surface area contributed by atoms with Gasteiger partial charge in [-0.15, -0.1) is 11.8 Å². The minimum Gasteiger partial charge on any atom is -0.326 e. The smallest absolute Gasteiger partial charge is 0.238 e. The van der Waals surface area contributed by atoms with Crippen molar-refractivity contribution in [2.45, 2.75) is 32.6 Å². The Bertz CT molecular complexity index is 869. The molecule has 27 heavy (non-hydrogen) atoms. The van der Waals surface area contributed by atoms with Gasteiger partial charge in [-0.1, -0.05) is 32.0 Å². The molecule has 0 unspecified atom stereocenters. The summed E-state index contributed by atoms with van der Waals surface area (Å²) in [4.78, 5) is 26.0. The number of benzene rings is 2. The van der Waals surface area contributed by atoms with E-state index in [1.165, 1.54) is 22.7 Å². The number of carbonyl (C=O) groups is 2. The lowest BCUT2D eigenvalue weighted by molar-refractivity contribution is -0.117. The lowest BCUT2D eigenvalue weighted by atomic mass is 10.1. The van der Waals surface area contributed by atoms with Gasteiger partial charge >= 0.3 is 0 Å². The molecule has 1 N–H and O–H groups in total. The summed E-state index contributed by atoms with van der Waals surface area (Å²) in [5.74, 6) is -0.0106. The molecule has 1 saturated heterocycles. The van der Waals surface area contributed by atoms with Crippen LogP contribution in [0.15, 0.2) is 42.5 Å². The van der Waals surface area contributed by atoms with Crippen LogP contribution in [0.4, 0.5) is 15.8 Å². The quantitative estimate of drug-likeness (QED) is 0.795. The summed E-state index contributed by atoms with van der Waals surface area (Å²) in [6.45, 7) is 5.85. The summed E-state index contributed by atoms with van der Waals surface area (Å²) in [6.07, 6.45) is 0.446. The molecular weight excluding hydrogens is 363 g/mol. The number of amides is 2. The largest absolute Gasteiger partial charge is 0.326 e. The Morgan fingerprint density at radius 1 is 1.30 bits per heavy atom. The van der Waals surface area contributed by atoms with Gasteiger partial charge in [0.25, 0.3) is 0 Å². The lowest BCUT2D eigenvalue weighted by Gasteiger charge is -2.25. The zero-order valence-corrected chi connectivity index (χ0v) is 16.5. The maximum absolute atomic E-state index is 14.4. The fourth-order valence-electron chi connectivity index (χ4n) is 3.09. The summed E-state index contributed by atoms with van der Waals surface area (Å²) in [5.41, 5.74) is 2.73. The van der Waals surface area contributed by atoms with Crippen LogP contribution in [-0.2, 0) is 9.59 Å². The van der Waals surface area contributed by atoms with E-state index < -0.39 is 5.82 Å². The maximum Gasteiger partial charge on any atom is 0.238 e. The Hall–Kier alpha value is -2.34. The molecule has 0 radical (unpaired) electrons. The Morgan fingerprint density at radius 2 is 2.07 bits per heavy atom. The summed E-state index contributed by atoms with van der Waals surface area (Å²) in [5, 5.41) is 2.57. The Kier molecular flexibility index (Phi) is 5.85. The molecule has 1 atom stereocenters. The van der Waals surface area contributed by atoms with Crippen LogP contribution in [0, 0.1) is 18.7 Å². The number of carbonyl (C=O) groups excluding carboxylic acids is 2. The molecule has 0 aromatic heterocycles. The summed E-state index contributed by atoms with van der Waals surface area (Å²) >= 11 is 1.46. The third kappa shape index (κ3) is 4.50. The molecule has 1 fully saturated rings. The van der Waals surface area contributed by atoms with E-state index in [0.29, 0.717) is 23.5 Å². The molecule has 6 heteroatoms. The number of thioether (sulfide) groups is 1. The third-order valence-electron chi connectivity index (χ3n) is 4.28. The van der Waals surface area contributed by atoms with Crippen molar-refractivity contribution in [3.63, 3.8) is 0 Å². The van der Waals surface area contributed by atoms with E-state index in [1.54, 1.807) is 12.1 Å². The summed E-state index contributed by atoms with van der Waals surface area (Å²) < 4.78 is 14.4. The van der Waals surface area contributed by atoms with Crippen LogP contribution in [0.5, 0.6) is 0 Å². The van der Waals surface area contributed by atoms with Crippen LogP contribution in [0.3, 0.4) is 0 Å². The predicted octanol–water partition coefficient (Wildman–Crippen LogP) is 4.90. The van der Waals surface area contributed by atoms with E-state index in [4.69, 9.17) is 0 Å². The van der Waals surface area contributed by atoms with Crippen LogP contribution < -0.4 is 10.2 Å². The fraction of sp³-hybridized carbons (Fsp3) is 0.333. The van der Waals surface area contributed by atoms with E-state index in [9.17, 15) is 14.0 Å². The molecule has 1 heterocycles. The fourth-order valence-corrected chi connectivity index (χ4v) is 4.25. The average molecular weight is 386 g/mol. The van der Waals surface area contributed by atoms with Crippen molar-refractivity contribution in [2.75, 3.05) is 16.0 Å². The first kappa shape index (κ1) is 19.4. The van der Waals surface area contributed by atoms with Crippen molar-refractivity contribution in [2.24, 2.45) is 5.92 Å². The van der Waals surface area contributed by atoms with E-state index in [2.05, 4.69) is 5.32 Å². The monoisotopic (exact) mass is 386 g/mol. The first-order chi connectivity index (χ1) is 12.8. The lowest BCUT2D eigenvalue weighted by Crippen LogP contribution is -2.28. The highest BCUT2D eigenvalue weighted by Crippen LogP contribution is 2.43. The minimum atomic E-state index is -0.414. The predicted molar refractivity (Wildman–Crippen MR) is 108 cm³/mol. The van der Waals surface area contributed by atoms with Crippen LogP contribution in [-0.4, -0.2) is 17.6 Å². The second kappa shape index (κ2) is 8.13. The molecule has 2 aromatic rings. The van der Waals surface area contributed by atoms with Crippen molar-refractivity contribution >= 4 is 35.0 Å². The first-order valence-electron chi connectivity index (χ1n) is 8.95. The molecule has 1 aliphatic rings. The van der Waals surface area contributed by atoms with Gasteiger partial charge in [0.05, 0.1) is 11.4 Å². The van der Waals surface area contributed by atoms with Crippen molar-refractivity contribution in [3.8, 4) is 0 Å². The number of anilines is 2. The SMILES string of the molecule is Cc1ccc(F)c(N2C(=O)CS[C@@H]2c2cccc(NC(=O)CC(C)C)c2)c1. The van der Waals surface area contributed by atoms with Gasteiger partial charge in [-0.2, -0.15) is 0 Å². The van der Waals surface area contributed by atoms with Gasteiger partial charge in [0, 0.05) is 12.1 Å². The molecule has 142 valence electrons. The van der Waals surface area contributed by atoms with E-state index in [0.717, 1.165) is 11.1 Å². The van der Waals surface area contributed by atoms with Gasteiger partial charge < -0.3 is 5.32 Å². The number of halogens is 1. The maximum atomic E-state index is 14.4. The minimum absolute atomic E-state index is 0.0427. The highest BCUT2D eigenvalue weighted by Gasteiger charge is 2.35. The molecule has 1 aliphatic heterocycles. The van der Waals surface area contributed by atoms with E-state index in [1.807, 2.05) is 45.0 Å². The van der Waals surface area contributed by atoms with Gasteiger partial charge in [0.1, 0.15) is 11.2 Å². The first-order valence-corrected chi connectivity index (χ1v) is 9.99. The second-order valence-corrected chi connectivity index (χ2v) is 8.22. The second-order valence-electron chi connectivity index (χ2n) is 7.15. The highest BCUT2D eigenvalue weighted by molar-refractivity contribution is 8.00. The van der Waals surface area contributed by atoms with Crippen molar-refractivity contribution in [1.82, 2.24) is 0 Å². The number of rotatable bonds is 5. The zero-order valence-electron chi connectivity index (χ0n) is 15.7. The number of nitrogens with zero attached hydrogens (tertiary/aromatic N) is 1. The summed E-state index contributed by atoms with van der Waals surface area (Å²) in [7, 11) is 0. The average Bonchev–Trinajstić information content (AvgIpc) is 2.98. The number of nitrogens with one attached hydrogen (secondary N) is 1. The van der Waals surface area contributed by atoms with E-state index >= 15 is 0 Å². The molecule has 0 saturated carbocycles. The molecule has 0 bridgehead atoms. The third-order valence-corrected chi connectivity index (χ3v) is 5.49. The molecule has 0 spiro atoms. The van der Waals surface area contributed by atoms with Crippen LogP contribution in [0.2, 0.25) is 0 Å². The summed E-state index contributed by atoms with van der Waals surface area (Å²) in [6, 6.07) is 12.2. The Morgan fingerprint density at radius 3 is 2.81 bits per heavy atom. The number of hydrogen-bond donors (Lipinski definition) is 1. The van der Waals surface area contributed by atoms with Crippen molar-refractivity contribution in [1.29, 1.82) is 0 Å². The normalized spacial score (nSPS) is 16.9. The van der Waals surface area contributed by atoms with Crippen molar-refractivity contribution < 1.29 is 14.0 Å². The van der Waals surface area contributed by atoms with Gasteiger partial charge in [-0.05, 0) is 48.2 Å². The van der Waals surface area contributed by atoms with Gasteiger partial charge in [0.15, 0.2) is 0 Å². The Labute approximate surface area is 163 Å². The van der Waals surface area contributed by atoms with Gasteiger partial charge in [0.2, 0.25) is 11.8 Å². The standard InChI is InChI=1S/C21H23FN2O2S/c1-13(2)9-19(25)23-16-6-4-5-15(11-16)21-24(20(26)12-27-21)18-10-14(3)7-8-17(18)22/h4-8,10-11,13,21H,9,12H2,1-3H3,(H,23,25)/t21-/m1/s1. The molecular formula is C21H23FN2O2S. The molecule has 0 aliphatic carbocycles. The topological polar surface area (TPSA) is 49.4 Å². The van der Waals surface area contributed by atoms with Crippen LogP contribution in [0.25, 0.3) is 0 Å². The zero-order chi connectivity index (χ0) is 19.6.